The van der Waals surface area contributed by atoms with E-state index in [2.05, 4.69) is 17.6 Å². The van der Waals surface area contributed by atoms with Crippen LogP contribution in [0.3, 0.4) is 0 Å². The van der Waals surface area contributed by atoms with Gasteiger partial charge in [-0.25, -0.2) is 14.6 Å². The first-order valence-electron chi connectivity index (χ1n) is 10.6. The molecule has 0 aliphatic heterocycles. The van der Waals surface area contributed by atoms with E-state index >= 15 is 0 Å². The molecular weight excluding hydrogens is 454 g/mol. The lowest BCUT2D eigenvalue weighted by Crippen LogP contribution is -2.37. The molecule has 0 aliphatic carbocycles. The summed E-state index contributed by atoms with van der Waals surface area (Å²) in [5, 5.41) is -0.495. The number of carbonyl (C=O) groups is 3. The zero-order valence-electron chi connectivity index (χ0n) is 19.5. The molecule has 2 aromatic carbocycles. The third kappa shape index (κ3) is 6.48. The largest absolute Gasteiger partial charge is 0.444 e. The Labute approximate surface area is 203 Å². The second-order valence-corrected chi connectivity index (χ2v) is 9.06. The molecule has 0 spiro atoms. The zero-order valence-corrected chi connectivity index (χ0v) is 20.4. The summed E-state index contributed by atoms with van der Waals surface area (Å²) >= 11 is 3.93. The molecule has 9 heteroatoms. The van der Waals surface area contributed by atoms with Crippen molar-refractivity contribution in [1.82, 2.24) is 14.5 Å². The summed E-state index contributed by atoms with van der Waals surface area (Å²) in [6.07, 6.45) is 2.52. The summed E-state index contributed by atoms with van der Waals surface area (Å²) in [5.74, 6) is -0.150. The highest BCUT2D eigenvalue weighted by Gasteiger charge is 2.27. The molecule has 34 heavy (non-hydrogen) atoms. The van der Waals surface area contributed by atoms with Gasteiger partial charge in [-0.1, -0.05) is 43.0 Å². The highest BCUT2D eigenvalue weighted by Crippen LogP contribution is 2.27. The number of carbonyl (C=O) groups excluding carboxylic acids is 3. The van der Waals surface area contributed by atoms with Crippen LogP contribution in [0.2, 0.25) is 0 Å². The van der Waals surface area contributed by atoms with Gasteiger partial charge in [0.05, 0.1) is 11.5 Å². The maximum Gasteiger partial charge on any atom is 0.410 e. The Bertz CT molecular complexity index is 1150. The van der Waals surface area contributed by atoms with Crippen molar-refractivity contribution < 1.29 is 23.9 Å². The number of thiol groups is 1. The average Bonchev–Trinajstić information content (AvgIpc) is 3.27. The van der Waals surface area contributed by atoms with Gasteiger partial charge in [0.25, 0.3) is 5.24 Å². The van der Waals surface area contributed by atoms with E-state index < -0.39 is 28.8 Å². The molecule has 178 valence electrons. The molecule has 3 rings (SSSR count). The Morgan fingerprint density at radius 1 is 1.06 bits per heavy atom. The first-order valence-corrected chi connectivity index (χ1v) is 11.1. The summed E-state index contributed by atoms with van der Waals surface area (Å²) in [6, 6.07) is 15.5. The van der Waals surface area contributed by atoms with Crippen LogP contribution in [0.5, 0.6) is 5.75 Å². The molecule has 1 aromatic heterocycles. The minimum atomic E-state index is -0.648. The SMILES string of the molecule is CN(CC(c1ccc(OC(=O)c2ccccc2)cc1)c1nccn1C(=O)S)C(=O)OC(C)(C)C. The van der Waals surface area contributed by atoms with E-state index in [1.807, 2.05) is 6.07 Å². The fourth-order valence-electron chi connectivity index (χ4n) is 3.27. The van der Waals surface area contributed by atoms with Gasteiger partial charge in [-0.3, -0.25) is 9.36 Å². The van der Waals surface area contributed by atoms with Crippen molar-refractivity contribution in [2.45, 2.75) is 32.3 Å². The fourth-order valence-corrected chi connectivity index (χ4v) is 3.44. The number of hydrogen-bond donors (Lipinski definition) is 1. The molecule has 1 heterocycles. The van der Waals surface area contributed by atoms with Crippen molar-refractivity contribution in [2.24, 2.45) is 0 Å². The van der Waals surface area contributed by atoms with Gasteiger partial charge in [0, 0.05) is 26.0 Å². The second kappa shape index (κ2) is 10.6. The van der Waals surface area contributed by atoms with Crippen LogP contribution in [-0.4, -0.2) is 50.9 Å². The fraction of sp³-hybridized carbons (Fsp3) is 0.280. The minimum absolute atomic E-state index is 0.191. The molecule has 0 saturated heterocycles. The number of aromatic nitrogens is 2. The molecule has 3 aromatic rings. The number of imidazole rings is 1. The topological polar surface area (TPSA) is 90.7 Å². The number of rotatable bonds is 6. The van der Waals surface area contributed by atoms with E-state index in [1.54, 1.807) is 76.3 Å². The van der Waals surface area contributed by atoms with Crippen LogP contribution in [0.25, 0.3) is 0 Å². The Morgan fingerprint density at radius 3 is 2.29 bits per heavy atom. The number of nitrogens with zero attached hydrogens (tertiary/aromatic N) is 3. The van der Waals surface area contributed by atoms with Crippen LogP contribution in [0.1, 0.15) is 48.4 Å². The molecule has 0 bridgehead atoms. The third-order valence-electron chi connectivity index (χ3n) is 4.85. The predicted molar refractivity (Wildman–Crippen MR) is 131 cm³/mol. The third-order valence-corrected chi connectivity index (χ3v) is 5.07. The Hall–Kier alpha value is -3.59. The second-order valence-electron chi connectivity index (χ2n) is 8.68. The van der Waals surface area contributed by atoms with E-state index in [0.717, 1.165) is 5.56 Å². The number of amides is 1. The van der Waals surface area contributed by atoms with Crippen LogP contribution in [-0.2, 0) is 4.74 Å². The predicted octanol–water partition coefficient (Wildman–Crippen LogP) is 5.00. The number of hydrogen-bond acceptors (Lipinski definition) is 6. The number of benzene rings is 2. The average molecular weight is 482 g/mol. The van der Waals surface area contributed by atoms with Gasteiger partial charge in [-0.05, 0) is 50.6 Å². The molecule has 0 aliphatic rings. The number of esters is 1. The van der Waals surface area contributed by atoms with Gasteiger partial charge in [0.2, 0.25) is 0 Å². The standard InChI is InChI=1S/C25H27N3O5S/c1-25(2,3)33-23(30)27(4)16-20(21-26-14-15-28(21)24(31)34)17-10-12-19(13-11-17)32-22(29)18-8-6-5-7-9-18/h5-15,20H,16H2,1-4H3,(H,31,34). The summed E-state index contributed by atoms with van der Waals surface area (Å²) in [5.41, 5.74) is 0.555. The molecular formula is C25H27N3O5S. The van der Waals surface area contributed by atoms with Crippen molar-refractivity contribution in [3.8, 4) is 5.75 Å². The van der Waals surface area contributed by atoms with Crippen molar-refractivity contribution >= 4 is 29.9 Å². The molecule has 1 amide bonds. The molecule has 0 radical (unpaired) electrons. The van der Waals surface area contributed by atoms with Gasteiger partial charge < -0.3 is 14.4 Å². The smallest absolute Gasteiger partial charge is 0.410 e. The van der Waals surface area contributed by atoms with Crippen molar-refractivity contribution in [3.05, 3.63) is 83.9 Å². The van der Waals surface area contributed by atoms with Gasteiger partial charge in [-0.2, -0.15) is 0 Å². The quantitative estimate of drug-likeness (QED) is 0.303. The van der Waals surface area contributed by atoms with E-state index in [9.17, 15) is 14.4 Å². The molecule has 1 unspecified atom stereocenters. The lowest BCUT2D eigenvalue weighted by molar-refractivity contribution is 0.0292. The van der Waals surface area contributed by atoms with Crippen molar-refractivity contribution in [2.75, 3.05) is 13.6 Å². The Balaban J connectivity index is 1.85. The van der Waals surface area contributed by atoms with Gasteiger partial charge in [-0.15, -0.1) is 0 Å². The molecule has 0 fully saturated rings. The van der Waals surface area contributed by atoms with E-state index in [4.69, 9.17) is 9.47 Å². The van der Waals surface area contributed by atoms with Crippen molar-refractivity contribution in [1.29, 1.82) is 0 Å². The van der Waals surface area contributed by atoms with Crippen LogP contribution in [0, 0.1) is 0 Å². The highest BCUT2D eigenvalue weighted by atomic mass is 32.1. The Morgan fingerprint density at radius 2 is 1.71 bits per heavy atom. The first kappa shape index (κ1) is 25.0. The van der Waals surface area contributed by atoms with Crippen molar-refractivity contribution in [3.63, 3.8) is 0 Å². The minimum Gasteiger partial charge on any atom is -0.444 e. The number of ether oxygens (including phenoxy) is 2. The molecule has 8 nitrogen and oxygen atoms in total. The van der Waals surface area contributed by atoms with Gasteiger partial charge in [0.15, 0.2) is 0 Å². The molecule has 0 saturated carbocycles. The summed E-state index contributed by atoms with van der Waals surface area (Å²) < 4.78 is 12.2. The van der Waals surface area contributed by atoms with Crippen LogP contribution >= 0.6 is 12.6 Å². The molecule has 1 atom stereocenters. The maximum atomic E-state index is 12.6. The van der Waals surface area contributed by atoms with E-state index in [1.165, 1.54) is 21.9 Å². The van der Waals surface area contributed by atoms with Crippen LogP contribution < -0.4 is 4.74 Å². The van der Waals surface area contributed by atoms with Gasteiger partial charge in [0.1, 0.15) is 17.2 Å². The maximum absolute atomic E-state index is 12.6. The lowest BCUT2D eigenvalue weighted by Gasteiger charge is -2.27. The van der Waals surface area contributed by atoms with Crippen LogP contribution in [0.4, 0.5) is 9.59 Å². The zero-order chi connectivity index (χ0) is 24.9. The first-order chi connectivity index (χ1) is 16.0. The van der Waals surface area contributed by atoms with Gasteiger partial charge >= 0.3 is 12.1 Å². The van der Waals surface area contributed by atoms with E-state index in [-0.39, 0.29) is 6.54 Å². The summed E-state index contributed by atoms with van der Waals surface area (Å²) in [4.78, 5) is 42.7. The van der Waals surface area contributed by atoms with E-state index in [0.29, 0.717) is 17.1 Å². The highest BCUT2D eigenvalue weighted by molar-refractivity contribution is 7.96. The summed E-state index contributed by atoms with van der Waals surface area (Å²) in [6.45, 7) is 5.56. The Kier molecular flexibility index (Phi) is 7.78. The molecule has 0 N–H and O–H groups in total. The lowest BCUT2D eigenvalue weighted by atomic mass is 9.97. The summed E-state index contributed by atoms with van der Waals surface area (Å²) in [7, 11) is 1.62. The number of likely N-dealkylation sites (N-methyl/N-ethyl adjacent to an activating group) is 1. The normalized spacial score (nSPS) is 12.0. The van der Waals surface area contributed by atoms with Crippen LogP contribution in [0.15, 0.2) is 67.0 Å². The monoisotopic (exact) mass is 481 g/mol.